The normalized spacial score (nSPS) is 12.4. The van der Waals surface area contributed by atoms with E-state index in [1.807, 2.05) is 0 Å². The quantitative estimate of drug-likeness (QED) is 0.0248. The number of sulfonamides is 2. The summed E-state index contributed by atoms with van der Waals surface area (Å²) in [7, 11) is -11.4. The Morgan fingerprint density at radius 2 is 0.871 bits per heavy atom. The molecule has 70 heavy (non-hydrogen) atoms. The SMILES string of the molecule is CC(=O)Nc1ccc(S(=O)(=O)Nc2ccc(NCCO[Si](C)(C)C(C)(C)C)c(N)c2)cc1.CC(=O)Nc1ccc(S(=O)(=O)Nc2ccc(NCCO[Si](C)(C)C(C)(C)C)c(NC(=O)C(C)(C)C)c2)cc1. The van der Waals surface area contributed by atoms with E-state index in [2.05, 4.69) is 104 Å². The number of hydrogen-bond acceptors (Lipinski definition) is 12. The smallest absolute Gasteiger partial charge is 0.261 e. The van der Waals surface area contributed by atoms with Crippen LogP contribution in [0.25, 0.3) is 0 Å². The molecule has 0 fully saturated rings. The van der Waals surface area contributed by atoms with Crippen molar-refractivity contribution in [2.75, 3.05) is 68.1 Å². The third-order valence-corrected chi connectivity index (χ3v) is 23.7. The molecule has 17 nitrogen and oxygen atoms in total. The number of amides is 3. The number of nitrogens with two attached hydrogens (primary N) is 1. The molecule has 4 aromatic rings. The summed E-state index contributed by atoms with van der Waals surface area (Å²) < 4.78 is 68.7. The van der Waals surface area contributed by atoms with Crippen molar-refractivity contribution in [1.29, 1.82) is 0 Å². The molecule has 0 aliphatic heterocycles. The maximum Gasteiger partial charge on any atom is 0.261 e. The summed E-state index contributed by atoms with van der Waals surface area (Å²) in [4.78, 5) is 35.2. The van der Waals surface area contributed by atoms with Gasteiger partial charge in [0.25, 0.3) is 20.0 Å². The molecule has 0 saturated heterocycles. The Bertz CT molecular complexity index is 2660. The molecule has 0 radical (unpaired) electrons. The van der Waals surface area contributed by atoms with Crippen molar-refractivity contribution in [2.45, 2.75) is 122 Å². The van der Waals surface area contributed by atoms with Crippen LogP contribution in [-0.2, 0) is 43.3 Å². The van der Waals surface area contributed by atoms with Crippen molar-refractivity contribution < 1.29 is 40.1 Å². The highest BCUT2D eigenvalue weighted by Gasteiger charge is 2.38. The van der Waals surface area contributed by atoms with Gasteiger partial charge in [0, 0.05) is 43.7 Å². The van der Waals surface area contributed by atoms with Crippen LogP contribution >= 0.6 is 0 Å². The fourth-order valence-corrected chi connectivity index (χ4v) is 9.84. The Hall–Kier alpha value is -5.46. The van der Waals surface area contributed by atoms with Crippen molar-refractivity contribution in [2.24, 2.45) is 5.41 Å². The van der Waals surface area contributed by atoms with Gasteiger partial charge in [0.15, 0.2) is 16.6 Å². The zero-order valence-electron chi connectivity index (χ0n) is 43.5. The number of carbonyl (C=O) groups excluding carboxylic acids is 3. The van der Waals surface area contributed by atoms with Gasteiger partial charge in [-0.2, -0.15) is 0 Å². The summed E-state index contributed by atoms with van der Waals surface area (Å²) in [6, 6.07) is 21.7. The second-order valence-electron chi connectivity index (χ2n) is 21.0. The van der Waals surface area contributed by atoms with Gasteiger partial charge in [-0.1, -0.05) is 62.3 Å². The molecule has 4 rings (SSSR count). The summed E-state index contributed by atoms with van der Waals surface area (Å²) >= 11 is 0. The van der Waals surface area contributed by atoms with Gasteiger partial charge in [-0.05, 0) is 121 Å². The number of hydrogen-bond donors (Lipinski definition) is 8. The highest BCUT2D eigenvalue weighted by Crippen LogP contribution is 2.38. The first-order chi connectivity index (χ1) is 32.0. The minimum atomic E-state index is -3.91. The molecule has 0 aromatic heterocycles. The molecule has 0 aliphatic rings. The number of nitrogen functional groups attached to an aromatic ring is 1. The number of anilines is 8. The van der Waals surface area contributed by atoms with Crippen LogP contribution in [-0.4, -0.2) is 77.5 Å². The van der Waals surface area contributed by atoms with Gasteiger partial charge in [0.05, 0.1) is 57.1 Å². The van der Waals surface area contributed by atoms with Gasteiger partial charge in [0.1, 0.15) is 0 Å². The summed E-state index contributed by atoms with van der Waals surface area (Å²) in [6.07, 6.45) is 0. The fourth-order valence-electron chi connectivity index (χ4n) is 5.65. The van der Waals surface area contributed by atoms with Gasteiger partial charge in [-0.3, -0.25) is 23.8 Å². The zero-order chi connectivity index (χ0) is 53.1. The van der Waals surface area contributed by atoms with Crippen LogP contribution in [0.4, 0.5) is 45.5 Å². The summed E-state index contributed by atoms with van der Waals surface area (Å²) in [5, 5.41) is 14.9. The number of nitrogens with one attached hydrogen (secondary N) is 7. The average molecular weight is 1040 g/mol. The Balaban J connectivity index is 0.000000376. The van der Waals surface area contributed by atoms with Crippen molar-refractivity contribution in [3.63, 3.8) is 0 Å². The maximum atomic E-state index is 13.0. The molecule has 0 bridgehead atoms. The van der Waals surface area contributed by atoms with Gasteiger partial charge >= 0.3 is 0 Å². The van der Waals surface area contributed by atoms with Crippen LogP contribution in [0.2, 0.25) is 36.3 Å². The Labute approximate surface area is 418 Å². The molecule has 21 heteroatoms. The third kappa shape index (κ3) is 18.1. The fraction of sp³-hybridized carbons (Fsp3) is 0.449. The summed E-state index contributed by atoms with van der Waals surface area (Å²) in [6.45, 7) is 32.3. The van der Waals surface area contributed by atoms with E-state index in [9.17, 15) is 31.2 Å². The first-order valence-corrected chi connectivity index (χ1v) is 31.7. The predicted octanol–water partition coefficient (Wildman–Crippen LogP) is 10.3. The molecule has 0 atom stereocenters. The first kappa shape index (κ1) is 58.9. The molecule has 0 saturated carbocycles. The van der Waals surface area contributed by atoms with Gasteiger partial charge in [-0.15, -0.1) is 0 Å². The monoisotopic (exact) mass is 1040 g/mol. The van der Waals surface area contributed by atoms with E-state index >= 15 is 0 Å². The van der Waals surface area contributed by atoms with Crippen LogP contribution in [0, 0.1) is 5.41 Å². The molecular formula is C49H76N8O9S2Si2. The van der Waals surface area contributed by atoms with Crippen LogP contribution in [0.1, 0.15) is 76.2 Å². The highest BCUT2D eigenvalue weighted by atomic mass is 32.2. The average Bonchev–Trinajstić information content (AvgIpc) is 3.21. The molecule has 9 N–H and O–H groups in total. The second kappa shape index (κ2) is 23.6. The lowest BCUT2D eigenvalue weighted by atomic mass is 9.95. The number of benzene rings is 4. The molecule has 0 aliphatic carbocycles. The van der Waals surface area contributed by atoms with Crippen molar-refractivity contribution in [1.82, 2.24) is 0 Å². The van der Waals surface area contributed by atoms with Gasteiger partial charge in [-0.25, -0.2) is 16.8 Å². The molecule has 0 heterocycles. The minimum absolute atomic E-state index is 0.0388. The van der Waals surface area contributed by atoms with Crippen molar-refractivity contribution >= 4 is 99.9 Å². The number of carbonyl (C=O) groups is 3. The molecule has 3 amide bonds. The van der Waals surface area contributed by atoms with Crippen LogP contribution < -0.4 is 41.8 Å². The van der Waals surface area contributed by atoms with Crippen LogP contribution in [0.5, 0.6) is 0 Å². The zero-order valence-corrected chi connectivity index (χ0v) is 47.1. The van der Waals surface area contributed by atoms with Gasteiger partial charge < -0.3 is 41.2 Å². The third-order valence-electron chi connectivity index (χ3n) is 11.8. The van der Waals surface area contributed by atoms with E-state index < -0.39 is 42.1 Å². The summed E-state index contributed by atoms with van der Waals surface area (Å²) in [5.74, 6) is -0.676. The van der Waals surface area contributed by atoms with Crippen LogP contribution in [0.15, 0.2) is 94.7 Å². The largest absolute Gasteiger partial charge is 0.415 e. The topological polar surface area (TPSA) is 248 Å². The predicted molar refractivity (Wildman–Crippen MR) is 292 cm³/mol. The number of rotatable bonds is 19. The Morgan fingerprint density at radius 1 is 0.514 bits per heavy atom. The van der Waals surface area contributed by atoms with E-state index in [1.54, 1.807) is 57.2 Å². The molecule has 0 spiro atoms. The lowest BCUT2D eigenvalue weighted by Gasteiger charge is -2.36. The standard InChI is InChI=1S/C27H42N4O5SSi.C22H34N4O4SSi/c1-19(32)29-20-10-13-22(14-11-20)37(34,35)31-21-12-15-23(24(18-21)30-25(33)26(2,3)4)28-16-17-36-38(8,9)27(5,6)7;1-16(27)25-17-7-10-19(11-8-17)31(28,29)26-18-9-12-21(20(23)15-18)24-13-14-30-32(5,6)22(2,3)4/h10-15,18,28,31H,16-17H2,1-9H3,(H,29,32)(H,30,33);7-12,15,24,26H,13-14,23H2,1-6H3,(H,25,27). The second-order valence-corrected chi connectivity index (χ2v) is 33.9. The Morgan fingerprint density at radius 3 is 1.23 bits per heavy atom. The molecule has 4 aromatic carbocycles. The van der Waals surface area contributed by atoms with Gasteiger partial charge in [0.2, 0.25) is 17.7 Å². The Kier molecular flexibility index (Phi) is 19.9. The van der Waals surface area contributed by atoms with E-state index in [1.165, 1.54) is 62.4 Å². The van der Waals surface area contributed by atoms with E-state index in [0.29, 0.717) is 71.8 Å². The lowest BCUT2D eigenvalue weighted by Crippen LogP contribution is -2.41. The summed E-state index contributed by atoms with van der Waals surface area (Å²) in [5.41, 5.74) is 9.40. The minimum Gasteiger partial charge on any atom is -0.415 e. The molecular weight excluding hydrogens is 965 g/mol. The van der Waals surface area contributed by atoms with Crippen molar-refractivity contribution in [3.05, 3.63) is 84.9 Å². The van der Waals surface area contributed by atoms with E-state index in [4.69, 9.17) is 14.6 Å². The lowest BCUT2D eigenvalue weighted by molar-refractivity contribution is -0.123. The maximum absolute atomic E-state index is 13.0. The van der Waals surface area contributed by atoms with Crippen LogP contribution in [0.3, 0.4) is 0 Å². The van der Waals surface area contributed by atoms with E-state index in [-0.39, 0.29) is 37.6 Å². The molecule has 0 unspecified atom stereocenters. The molecule has 386 valence electrons. The van der Waals surface area contributed by atoms with E-state index in [0.717, 1.165) is 0 Å². The first-order valence-electron chi connectivity index (χ1n) is 22.9. The van der Waals surface area contributed by atoms with Crippen molar-refractivity contribution in [3.8, 4) is 0 Å². The highest BCUT2D eigenvalue weighted by molar-refractivity contribution is 7.93.